The van der Waals surface area contributed by atoms with Crippen LogP contribution in [0.2, 0.25) is 0 Å². The summed E-state index contributed by atoms with van der Waals surface area (Å²) in [5, 5.41) is 0. The monoisotopic (exact) mass is 322 g/mol. The number of anilines is 2. The molecule has 128 valence electrons. The van der Waals surface area contributed by atoms with E-state index in [0.29, 0.717) is 0 Å². The minimum atomic E-state index is 0.785. The van der Waals surface area contributed by atoms with Crippen molar-refractivity contribution in [2.24, 2.45) is 0 Å². The first kappa shape index (κ1) is 19.6. The van der Waals surface area contributed by atoms with E-state index in [9.17, 15) is 0 Å². The molecule has 0 atom stereocenters. The van der Waals surface area contributed by atoms with Gasteiger partial charge in [-0.15, -0.1) is 6.58 Å². The number of nitrogen functional groups attached to an aromatic ring is 2. The molecule has 2 aromatic rings. The van der Waals surface area contributed by atoms with Crippen LogP contribution in [0.15, 0.2) is 43.5 Å². The van der Waals surface area contributed by atoms with Gasteiger partial charge in [0.1, 0.15) is 0 Å². The Morgan fingerprint density at radius 2 is 1.25 bits per heavy atom. The van der Waals surface area contributed by atoms with Gasteiger partial charge in [0.25, 0.3) is 0 Å². The molecule has 0 spiro atoms. The molecule has 0 aliphatic rings. The first-order valence-electron chi connectivity index (χ1n) is 8.16. The van der Waals surface area contributed by atoms with Crippen molar-refractivity contribution in [2.45, 2.75) is 41.0 Å². The summed E-state index contributed by atoms with van der Waals surface area (Å²) in [4.78, 5) is 0. The molecule has 0 radical (unpaired) electrons. The third-order valence-electron chi connectivity index (χ3n) is 4.04. The number of aryl methyl sites for hydroxylation is 5. The highest BCUT2D eigenvalue weighted by Crippen LogP contribution is 2.27. The van der Waals surface area contributed by atoms with Crippen LogP contribution in [-0.4, -0.2) is 0 Å². The first-order valence-corrected chi connectivity index (χ1v) is 8.16. The van der Waals surface area contributed by atoms with Crippen molar-refractivity contribution >= 4 is 16.9 Å². The second-order valence-electron chi connectivity index (χ2n) is 6.45. The van der Waals surface area contributed by atoms with E-state index < -0.39 is 0 Å². The Bertz CT molecular complexity index is 732. The van der Waals surface area contributed by atoms with Crippen molar-refractivity contribution in [1.29, 1.82) is 0 Å². The van der Waals surface area contributed by atoms with Crippen molar-refractivity contribution < 1.29 is 0 Å². The molecule has 4 N–H and O–H groups in total. The number of rotatable bonds is 3. The standard InChI is InChI=1S/C13H17N.C9H13N/c1-5-6-10(3)12-8-9(2)7-11(4)13(12)14;1-6-4-7(2)9(10)8(3)5-6/h5,7-8H,1,3,6,14H2,2,4H3;4-5H,10H2,1-3H3. The van der Waals surface area contributed by atoms with Crippen molar-refractivity contribution in [1.82, 2.24) is 0 Å². The zero-order valence-electron chi connectivity index (χ0n) is 15.7. The van der Waals surface area contributed by atoms with Crippen LogP contribution in [0.5, 0.6) is 0 Å². The van der Waals surface area contributed by atoms with Crippen LogP contribution in [0, 0.1) is 34.6 Å². The summed E-state index contributed by atoms with van der Waals surface area (Å²) in [6, 6.07) is 8.36. The molecule has 0 saturated carbocycles. The van der Waals surface area contributed by atoms with Gasteiger partial charge in [0.15, 0.2) is 0 Å². The lowest BCUT2D eigenvalue weighted by molar-refractivity contribution is 1.33. The Balaban J connectivity index is 0.000000254. The maximum Gasteiger partial charge on any atom is 0.0420 e. The van der Waals surface area contributed by atoms with Gasteiger partial charge in [-0.25, -0.2) is 0 Å². The second-order valence-corrected chi connectivity index (χ2v) is 6.45. The molecule has 0 bridgehead atoms. The molecular formula is C22H30N2. The summed E-state index contributed by atoms with van der Waals surface area (Å²) in [5.41, 5.74) is 21.6. The fourth-order valence-electron chi connectivity index (χ4n) is 2.75. The van der Waals surface area contributed by atoms with E-state index >= 15 is 0 Å². The molecule has 2 nitrogen and oxygen atoms in total. The Hall–Kier alpha value is -2.48. The highest BCUT2D eigenvalue weighted by molar-refractivity contribution is 5.76. The summed E-state index contributed by atoms with van der Waals surface area (Å²) in [5.74, 6) is 0. The van der Waals surface area contributed by atoms with E-state index in [1.807, 2.05) is 26.8 Å². The lowest BCUT2D eigenvalue weighted by Crippen LogP contribution is -1.97. The summed E-state index contributed by atoms with van der Waals surface area (Å²) in [6.07, 6.45) is 2.63. The quantitative estimate of drug-likeness (QED) is 0.565. The summed E-state index contributed by atoms with van der Waals surface area (Å²) in [6.45, 7) is 17.9. The molecule has 0 aliphatic carbocycles. The molecule has 0 amide bonds. The highest BCUT2D eigenvalue weighted by atomic mass is 14.6. The molecule has 2 heteroatoms. The largest absolute Gasteiger partial charge is 0.398 e. The van der Waals surface area contributed by atoms with Gasteiger partial charge < -0.3 is 11.5 Å². The predicted molar refractivity (Wildman–Crippen MR) is 109 cm³/mol. The molecule has 0 aromatic heterocycles. The van der Waals surface area contributed by atoms with Gasteiger partial charge in [-0.3, -0.25) is 0 Å². The van der Waals surface area contributed by atoms with Crippen LogP contribution in [0.4, 0.5) is 11.4 Å². The topological polar surface area (TPSA) is 52.0 Å². The van der Waals surface area contributed by atoms with Gasteiger partial charge in [-0.05, 0) is 69.4 Å². The predicted octanol–water partition coefficient (Wildman–Crippen LogP) is 5.67. The zero-order valence-corrected chi connectivity index (χ0v) is 15.7. The summed E-state index contributed by atoms with van der Waals surface area (Å²) in [7, 11) is 0. The SMILES string of the molecule is C=CCC(=C)c1cc(C)cc(C)c1N.Cc1cc(C)c(N)c(C)c1. The van der Waals surface area contributed by atoms with Crippen LogP contribution in [0.3, 0.4) is 0 Å². The molecule has 0 fully saturated rings. The number of hydrogen-bond acceptors (Lipinski definition) is 2. The van der Waals surface area contributed by atoms with Gasteiger partial charge in [-0.1, -0.05) is 42.0 Å². The molecule has 0 saturated heterocycles. The van der Waals surface area contributed by atoms with Crippen LogP contribution < -0.4 is 11.5 Å². The number of benzene rings is 2. The van der Waals surface area contributed by atoms with E-state index in [0.717, 1.165) is 34.5 Å². The van der Waals surface area contributed by atoms with E-state index in [1.165, 1.54) is 22.3 Å². The van der Waals surface area contributed by atoms with E-state index in [4.69, 9.17) is 11.5 Å². The fourth-order valence-corrected chi connectivity index (χ4v) is 2.75. The molecule has 24 heavy (non-hydrogen) atoms. The molecular weight excluding hydrogens is 292 g/mol. The molecule has 0 heterocycles. The van der Waals surface area contributed by atoms with Crippen LogP contribution in [0.1, 0.15) is 39.8 Å². The molecule has 2 aromatic carbocycles. The average molecular weight is 322 g/mol. The Kier molecular flexibility index (Phi) is 6.84. The van der Waals surface area contributed by atoms with Gasteiger partial charge in [0.2, 0.25) is 0 Å². The molecule has 0 unspecified atom stereocenters. The lowest BCUT2D eigenvalue weighted by atomic mass is 9.97. The smallest absolute Gasteiger partial charge is 0.0420 e. The summed E-state index contributed by atoms with van der Waals surface area (Å²) >= 11 is 0. The Morgan fingerprint density at radius 3 is 1.71 bits per heavy atom. The van der Waals surface area contributed by atoms with Gasteiger partial charge in [0, 0.05) is 16.9 Å². The summed E-state index contributed by atoms with van der Waals surface area (Å²) < 4.78 is 0. The Morgan fingerprint density at radius 1 is 0.833 bits per heavy atom. The number of allylic oxidation sites excluding steroid dienone is 2. The zero-order chi connectivity index (χ0) is 18.4. The van der Waals surface area contributed by atoms with Gasteiger partial charge in [-0.2, -0.15) is 0 Å². The van der Waals surface area contributed by atoms with Crippen molar-refractivity contribution in [3.05, 3.63) is 76.9 Å². The third kappa shape index (κ3) is 5.02. The fraction of sp³-hybridized carbons (Fsp3) is 0.273. The van der Waals surface area contributed by atoms with Crippen molar-refractivity contribution in [3.8, 4) is 0 Å². The molecule has 2 rings (SSSR count). The number of nitrogens with two attached hydrogens (primary N) is 2. The normalized spacial score (nSPS) is 9.88. The van der Waals surface area contributed by atoms with Crippen molar-refractivity contribution in [2.75, 3.05) is 11.5 Å². The minimum absolute atomic E-state index is 0.785. The number of hydrogen-bond donors (Lipinski definition) is 2. The maximum atomic E-state index is 5.99. The highest BCUT2D eigenvalue weighted by Gasteiger charge is 2.05. The third-order valence-corrected chi connectivity index (χ3v) is 4.04. The van der Waals surface area contributed by atoms with E-state index in [2.05, 4.69) is 51.3 Å². The van der Waals surface area contributed by atoms with Crippen LogP contribution in [-0.2, 0) is 0 Å². The van der Waals surface area contributed by atoms with Crippen LogP contribution >= 0.6 is 0 Å². The van der Waals surface area contributed by atoms with E-state index in [-0.39, 0.29) is 0 Å². The lowest BCUT2D eigenvalue weighted by Gasteiger charge is -2.11. The van der Waals surface area contributed by atoms with Crippen LogP contribution in [0.25, 0.3) is 5.57 Å². The van der Waals surface area contributed by atoms with E-state index in [1.54, 1.807) is 0 Å². The van der Waals surface area contributed by atoms with Crippen molar-refractivity contribution in [3.63, 3.8) is 0 Å². The average Bonchev–Trinajstić information content (AvgIpc) is 2.49. The van der Waals surface area contributed by atoms with Gasteiger partial charge >= 0.3 is 0 Å². The Labute approximate surface area is 146 Å². The minimum Gasteiger partial charge on any atom is -0.398 e. The first-order chi connectivity index (χ1) is 11.2. The maximum absolute atomic E-state index is 5.99. The second kappa shape index (κ2) is 8.39. The molecule has 0 aliphatic heterocycles. The van der Waals surface area contributed by atoms with Gasteiger partial charge in [0.05, 0.1) is 0 Å².